The van der Waals surface area contributed by atoms with E-state index >= 15 is 0 Å². The Morgan fingerprint density at radius 2 is 1.68 bits per heavy atom. The summed E-state index contributed by atoms with van der Waals surface area (Å²) < 4.78 is 11.2. The van der Waals surface area contributed by atoms with Gasteiger partial charge in [-0.2, -0.15) is 0 Å². The summed E-state index contributed by atoms with van der Waals surface area (Å²) in [6.07, 6.45) is 4.18. The summed E-state index contributed by atoms with van der Waals surface area (Å²) in [6.45, 7) is 6.55. The van der Waals surface area contributed by atoms with Gasteiger partial charge >= 0.3 is 6.03 Å². The summed E-state index contributed by atoms with van der Waals surface area (Å²) in [6, 6.07) is 19.4. The number of anilines is 3. The molecular weight excluding hydrogens is 518 g/mol. The van der Waals surface area contributed by atoms with E-state index in [1.54, 1.807) is 42.5 Å². The lowest BCUT2D eigenvalue weighted by Crippen LogP contribution is -2.35. The molecule has 9 nitrogen and oxygen atoms in total. The number of nitrogens with one attached hydrogen (secondary N) is 3. The molecule has 0 spiro atoms. The molecule has 1 unspecified atom stereocenters. The van der Waals surface area contributed by atoms with E-state index in [-0.39, 0.29) is 18.0 Å². The second kappa shape index (κ2) is 13.4. The van der Waals surface area contributed by atoms with E-state index in [4.69, 9.17) is 15.2 Å². The molecule has 1 fully saturated rings. The number of nitrogens with zero attached hydrogens (tertiary/aromatic N) is 1. The van der Waals surface area contributed by atoms with Gasteiger partial charge in [-0.3, -0.25) is 4.79 Å². The molecule has 3 aromatic carbocycles. The first-order valence-electron chi connectivity index (χ1n) is 14.4. The van der Waals surface area contributed by atoms with Crippen molar-refractivity contribution >= 4 is 29.0 Å². The summed E-state index contributed by atoms with van der Waals surface area (Å²) in [5, 5.41) is 8.93. The predicted octanol–water partition coefficient (Wildman–Crippen LogP) is 5.67. The number of benzene rings is 3. The summed E-state index contributed by atoms with van der Waals surface area (Å²) in [5.41, 5.74) is 9.13. The molecule has 0 aromatic heterocycles. The number of ether oxygens (including phenoxy) is 2. The minimum Gasteiger partial charge on any atom is -0.486 e. The molecule has 0 radical (unpaired) electrons. The van der Waals surface area contributed by atoms with Gasteiger partial charge in [0, 0.05) is 17.3 Å². The Morgan fingerprint density at radius 3 is 2.44 bits per heavy atom. The van der Waals surface area contributed by atoms with Crippen molar-refractivity contribution in [2.75, 3.05) is 49.2 Å². The molecule has 2 aliphatic heterocycles. The third-order valence-corrected chi connectivity index (χ3v) is 7.73. The quantitative estimate of drug-likeness (QED) is 0.252. The minimum atomic E-state index is -0.306. The molecule has 41 heavy (non-hydrogen) atoms. The number of nitrogen functional groups attached to an aromatic ring is 1. The van der Waals surface area contributed by atoms with Crippen LogP contribution >= 0.6 is 0 Å². The topological polar surface area (TPSA) is 118 Å². The van der Waals surface area contributed by atoms with Crippen molar-refractivity contribution < 1.29 is 19.1 Å². The molecule has 216 valence electrons. The monoisotopic (exact) mass is 557 g/mol. The highest BCUT2D eigenvalue weighted by Crippen LogP contribution is 2.32. The lowest BCUT2D eigenvalue weighted by atomic mass is 9.97. The van der Waals surface area contributed by atoms with Crippen molar-refractivity contribution in [1.29, 1.82) is 0 Å². The summed E-state index contributed by atoms with van der Waals surface area (Å²) >= 11 is 0. The van der Waals surface area contributed by atoms with Crippen LogP contribution in [-0.4, -0.2) is 49.7 Å². The van der Waals surface area contributed by atoms with Gasteiger partial charge in [-0.15, -0.1) is 0 Å². The van der Waals surface area contributed by atoms with E-state index in [9.17, 15) is 9.59 Å². The number of hydrogen-bond donors (Lipinski definition) is 4. The smallest absolute Gasteiger partial charge is 0.319 e. The fraction of sp³-hybridized carbons (Fsp3) is 0.375. The molecule has 5 rings (SSSR count). The van der Waals surface area contributed by atoms with Crippen molar-refractivity contribution in [3.05, 3.63) is 77.9 Å². The molecule has 3 amide bonds. The predicted molar refractivity (Wildman–Crippen MR) is 162 cm³/mol. The number of amides is 3. The number of urea groups is 1. The van der Waals surface area contributed by atoms with E-state index in [1.807, 2.05) is 24.3 Å². The number of nitrogens with two attached hydrogens (primary N) is 1. The first-order chi connectivity index (χ1) is 19.9. The molecule has 5 N–H and O–H groups in total. The summed E-state index contributed by atoms with van der Waals surface area (Å²) in [5.74, 6) is 1.84. The van der Waals surface area contributed by atoms with E-state index in [0.29, 0.717) is 47.3 Å². The number of rotatable bonds is 9. The van der Waals surface area contributed by atoms with Gasteiger partial charge in [0.1, 0.15) is 13.2 Å². The molecule has 2 aliphatic rings. The Kier molecular flexibility index (Phi) is 9.26. The van der Waals surface area contributed by atoms with Gasteiger partial charge in [-0.1, -0.05) is 31.2 Å². The Morgan fingerprint density at radius 1 is 0.951 bits per heavy atom. The van der Waals surface area contributed by atoms with E-state index in [0.717, 1.165) is 44.0 Å². The maximum absolute atomic E-state index is 13.1. The van der Waals surface area contributed by atoms with Gasteiger partial charge in [0.15, 0.2) is 11.5 Å². The second-order valence-electron chi connectivity index (χ2n) is 10.8. The molecule has 0 saturated carbocycles. The maximum Gasteiger partial charge on any atom is 0.319 e. The standard InChI is InChI=1S/C32H39N5O4/c1-22-14-17-37(18-15-22)16-4-7-27(36-32(39)34-25-12-13-29-30(21-25)41-20-19-40-29)23-8-10-24(11-9-23)31(38)35-28-6-3-2-5-26(28)33/h2-3,5-6,8-13,21-22,27H,4,7,14-20,33H2,1H3,(H,35,38)(H2,34,36,39). The fourth-order valence-corrected chi connectivity index (χ4v) is 5.25. The Hall–Kier alpha value is -4.24. The van der Waals surface area contributed by atoms with Gasteiger partial charge < -0.3 is 36.1 Å². The Bertz CT molecular complexity index is 1340. The number of carbonyl (C=O) groups excluding carboxylic acids is 2. The molecule has 1 atom stereocenters. The van der Waals surface area contributed by atoms with Crippen molar-refractivity contribution in [3.8, 4) is 11.5 Å². The van der Waals surface area contributed by atoms with Crippen LogP contribution in [0.25, 0.3) is 0 Å². The van der Waals surface area contributed by atoms with Gasteiger partial charge in [-0.05, 0) is 93.2 Å². The number of fused-ring (bicyclic) bond motifs is 1. The largest absolute Gasteiger partial charge is 0.486 e. The van der Waals surface area contributed by atoms with Gasteiger partial charge in [-0.25, -0.2) is 4.79 Å². The molecule has 0 bridgehead atoms. The lowest BCUT2D eigenvalue weighted by molar-refractivity contribution is 0.102. The first-order valence-corrected chi connectivity index (χ1v) is 14.4. The average molecular weight is 558 g/mol. The molecule has 9 heteroatoms. The fourth-order valence-electron chi connectivity index (χ4n) is 5.25. The van der Waals surface area contributed by atoms with Crippen molar-refractivity contribution in [2.45, 2.75) is 38.6 Å². The van der Waals surface area contributed by atoms with Gasteiger partial charge in [0.05, 0.1) is 17.4 Å². The number of likely N-dealkylation sites (tertiary alicyclic amines) is 1. The van der Waals surface area contributed by atoms with Crippen LogP contribution in [-0.2, 0) is 0 Å². The van der Waals surface area contributed by atoms with Gasteiger partial charge in [0.2, 0.25) is 0 Å². The molecule has 1 saturated heterocycles. The molecular formula is C32H39N5O4. The highest BCUT2D eigenvalue weighted by Gasteiger charge is 2.20. The Balaban J connectivity index is 1.24. The molecule has 3 aromatic rings. The van der Waals surface area contributed by atoms with Crippen LogP contribution in [0.2, 0.25) is 0 Å². The van der Waals surface area contributed by atoms with Crippen molar-refractivity contribution in [2.24, 2.45) is 5.92 Å². The van der Waals surface area contributed by atoms with Crippen LogP contribution in [0.5, 0.6) is 11.5 Å². The van der Waals surface area contributed by atoms with Crippen LogP contribution in [0.3, 0.4) is 0 Å². The van der Waals surface area contributed by atoms with Crippen LogP contribution in [0.4, 0.5) is 21.9 Å². The first kappa shape index (κ1) is 28.3. The minimum absolute atomic E-state index is 0.224. The highest BCUT2D eigenvalue weighted by atomic mass is 16.6. The SMILES string of the molecule is CC1CCN(CCCC(NC(=O)Nc2ccc3c(c2)OCCO3)c2ccc(C(=O)Nc3ccccc3N)cc2)CC1. The normalized spacial score (nSPS) is 16.0. The van der Waals surface area contributed by atoms with Crippen LogP contribution in [0.1, 0.15) is 54.6 Å². The number of piperidine rings is 1. The van der Waals surface area contributed by atoms with Crippen molar-refractivity contribution in [1.82, 2.24) is 10.2 Å². The van der Waals surface area contributed by atoms with Gasteiger partial charge in [0.25, 0.3) is 5.91 Å². The van der Waals surface area contributed by atoms with Crippen molar-refractivity contribution in [3.63, 3.8) is 0 Å². The zero-order chi connectivity index (χ0) is 28.6. The molecule has 2 heterocycles. The second-order valence-corrected chi connectivity index (χ2v) is 10.8. The molecule has 0 aliphatic carbocycles. The highest BCUT2D eigenvalue weighted by molar-refractivity contribution is 6.05. The van der Waals surface area contributed by atoms with Crippen LogP contribution in [0.15, 0.2) is 66.7 Å². The number of carbonyl (C=O) groups is 2. The Labute approximate surface area is 241 Å². The third kappa shape index (κ3) is 7.70. The van der Waals surface area contributed by atoms with Crippen LogP contribution < -0.4 is 31.2 Å². The zero-order valence-electron chi connectivity index (χ0n) is 23.5. The van der Waals surface area contributed by atoms with E-state index < -0.39 is 0 Å². The summed E-state index contributed by atoms with van der Waals surface area (Å²) in [4.78, 5) is 28.4. The number of para-hydroxylation sites is 2. The lowest BCUT2D eigenvalue weighted by Gasteiger charge is -2.30. The zero-order valence-corrected chi connectivity index (χ0v) is 23.5. The average Bonchev–Trinajstić information content (AvgIpc) is 2.99. The number of hydrogen-bond acceptors (Lipinski definition) is 6. The summed E-state index contributed by atoms with van der Waals surface area (Å²) in [7, 11) is 0. The third-order valence-electron chi connectivity index (χ3n) is 7.73. The maximum atomic E-state index is 13.1. The van der Waals surface area contributed by atoms with E-state index in [2.05, 4.69) is 27.8 Å². The van der Waals surface area contributed by atoms with Crippen LogP contribution in [0, 0.1) is 5.92 Å². The van der Waals surface area contributed by atoms with E-state index in [1.165, 1.54) is 12.8 Å².